The topological polar surface area (TPSA) is 96.7 Å². The van der Waals surface area contributed by atoms with Gasteiger partial charge in [0.15, 0.2) is 5.78 Å². The molecule has 0 bridgehead atoms. The highest BCUT2D eigenvalue weighted by molar-refractivity contribution is 5.97. The Balaban J connectivity index is 1.50. The van der Waals surface area contributed by atoms with Crippen LogP contribution >= 0.6 is 0 Å². The minimum Gasteiger partial charge on any atom is -0.363 e. The van der Waals surface area contributed by atoms with Crippen molar-refractivity contribution in [1.29, 1.82) is 0 Å². The molecule has 4 N–H and O–H groups in total. The number of unbranched alkanes of at least 4 members (excludes halogenated alkanes) is 2. The van der Waals surface area contributed by atoms with Crippen LogP contribution in [0.2, 0.25) is 0 Å². The van der Waals surface area contributed by atoms with E-state index in [1.165, 1.54) is 5.56 Å². The molecule has 4 rings (SSSR count). The summed E-state index contributed by atoms with van der Waals surface area (Å²) in [5.74, 6) is 0.968. The number of aromatic nitrogens is 3. The van der Waals surface area contributed by atoms with Gasteiger partial charge >= 0.3 is 0 Å². The van der Waals surface area contributed by atoms with Gasteiger partial charge in [0.05, 0.1) is 5.39 Å². The summed E-state index contributed by atoms with van der Waals surface area (Å²) >= 11 is 0. The fraction of sp³-hybridized carbons (Fsp3) is 0.269. The Bertz CT molecular complexity index is 1170. The van der Waals surface area contributed by atoms with Gasteiger partial charge < -0.3 is 16.0 Å². The lowest BCUT2D eigenvalue weighted by Gasteiger charge is -2.15. The molecule has 0 amide bonds. The average molecular weight is 428 g/mol. The second kappa shape index (κ2) is 10.2. The molecule has 0 fully saturated rings. The first-order valence-electron chi connectivity index (χ1n) is 11.1. The zero-order valence-electron chi connectivity index (χ0n) is 18.3. The Labute approximate surface area is 188 Å². The van der Waals surface area contributed by atoms with E-state index in [0.717, 1.165) is 52.9 Å². The normalized spacial score (nSPS) is 12.1. The molecule has 1 atom stereocenters. The largest absolute Gasteiger partial charge is 0.363 e. The average Bonchev–Trinajstić information content (AvgIpc) is 3.28. The third-order valence-corrected chi connectivity index (χ3v) is 5.70. The number of H-pyrrole nitrogens is 1. The number of Topliss-reactive ketones (excluding diaryl/α,β-unsaturated/α-hetero) is 1. The summed E-state index contributed by atoms with van der Waals surface area (Å²) in [5.41, 5.74) is 10.2. The van der Waals surface area contributed by atoms with Crippen molar-refractivity contribution >= 4 is 22.6 Å². The molecule has 0 unspecified atom stereocenters. The molecule has 6 heteroatoms. The predicted octanol–water partition coefficient (Wildman–Crippen LogP) is 5.50. The number of carbonyl (C=O) groups is 1. The van der Waals surface area contributed by atoms with Gasteiger partial charge in [-0.3, -0.25) is 4.79 Å². The quantitative estimate of drug-likeness (QED) is 0.229. The van der Waals surface area contributed by atoms with Gasteiger partial charge in [0.1, 0.15) is 17.8 Å². The zero-order chi connectivity index (χ0) is 22.3. The first-order chi connectivity index (χ1) is 15.7. The molecule has 0 saturated heterocycles. The van der Waals surface area contributed by atoms with Crippen molar-refractivity contribution in [2.45, 2.75) is 38.6 Å². The number of nitrogens with one attached hydrogen (secondary N) is 2. The molecule has 6 nitrogen and oxygen atoms in total. The molecule has 2 aromatic carbocycles. The van der Waals surface area contributed by atoms with Crippen molar-refractivity contribution in [2.75, 3.05) is 11.9 Å². The number of benzene rings is 2. The molecule has 0 aliphatic heterocycles. The van der Waals surface area contributed by atoms with Crippen molar-refractivity contribution in [3.63, 3.8) is 0 Å². The van der Waals surface area contributed by atoms with Crippen LogP contribution in [0.4, 0.5) is 5.82 Å². The molecule has 2 aromatic heterocycles. The number of nitrogens with zero attached hydrogens (tertiary/aromatic N) is 2. The number of hydrogen-bond donors (Lipinski definition) is 3. The maximum Gasteiger partial charge on any atom is 0.162 e. The van der Waals surface area contributed by atoms with E-state index in [4.69, 9.17) is 5.73 Å². The third kappa shape index (κ3) is 5.03. The maximum atomic E-state index is 12.4. The number of nitrogens with two attached hydrogens (primary N) is 1. The summed E-state index contributed by atoms with van der Waals surface area (Å²) in [6.45, 7) is 2.79. The molecule has 4 aromatic rings. The molecular weight excluding hydrogens is 398 g/mol. The highest BCUT2D eigenvalue weighted by Crippen LogP contribution is 2.29. The summed E-state index contributed by atoms with van der Waals surface area (Å²) in [5, 5.41) is 4.43. The van der Waals surface area contributed by atoms with E-state index in [1.54, 1.807) is 6.33 Å². The van der Waals surface area contributed by atoms with Crippen molar-refractivity contribution in [3.05, 3.63) is 78.1 Å². The summed E-state index contributed by atoms with van der Waals surface area (Å²) < 4.78 is 0. The Morgan fingerprint density at radius 3 is 2.56 bits per heavy atom. The lowest BCUT2D eigenvalue weighted by atomic mass is 10.0. The van der Waals surface area contributed by atoms with Crippen LogP contribution in [-0.4, -0.2) is 27.3 Å². The van der Waals surface area contributed by atoms with Crippen LogP contribution in [0.3, 0.4) is 0 Å². The number of ketones is 1. The van der Waals surface area contributed by atoms with E-state index in [-0.39, 0.29) is 11.8 Å². The highest BCUT2D eigenvalue weighted by Gasteiger charge is 2.13. The van der Waals surface area contributed by atoms with Gasteiger partial charge in [0.2, 0.25) is 0 Å². The van der Waals surface area contributed by atoms with Gasteiger partial charge in [-0.2, -0.15) is 0 Å². The Morgan fingerprint density at radius 1 is 1.03 bits per heavy atom. The fourth-order valence-corrected chi connectivity index (χ4v) is 3.83. The van der Waals surface area contributed by atoms with Crippen molar-refractivity contribution < 1.29 is 4.79 Å². The minimum atomic E-state index is 0.114. The summed E-state index contributed by atoms with van der Waals surface area (Å²) in [4.78, 5) is 24.6. The van der Waals surface area contributed by atoms with Gasteiger partial charge in [-0.25, -0.2) is 9.97 Å². The first kappa shape index (κ1) is 21.7. The standard InChI is InChI=1S/C26H29N5O/c1-18(19-8-4-2-5-9-19)30-25-22-16-23(31-26(22)29-17-28-25)20-11-13-21(14-12-20)24(32)10-6-3-7-15-27/h2,4-5,8-9,11-14,16-18H,3,6-7,10,15,27H2,1H3,(H2,28,29,30,31)/t18-/m1/s1. The van der Waals surface area contributed by atoms with Crippen LogP contribution in [-0.2, 0) is 0 Å². The number of hydrogen-bond acceptors (Lipinski definition) is 5. The van der Waals surface area contributed by atoms with Crippen molar-refractivity contribution in [2.24, 2.45) is 5.73 Å². The molecule has 0 saturated carbocycles. The van der Waals surface area contributed by atoms with Gasteiger partial charge in [0.25, 0.3) is 0 Å². The number of anilines is 1. The monoisotopic (exact) mass is 427 g/mol. The Hall–Kier alpha value is -3.51. The number of fused-ring (bicyclic) bond motifs is 1. The van der Waals surface area contributed by atoms with Crippen molar-refractivity contribution in [3.8, 4) is 11.3 Å². The minimum absolute atomic E-state index is 0.114. The van der Waals surface area contributed by atoms with Gasteiger partial charge in [-0.05, 0) is 43.5 Å². The van der Waals surface area contributed by atoms with E-state index in [0.29, 0.717) is 13.0 Å². The molecule has 0 aliphatic carbocycles. The second-order valence-corrected chi connectivity index (χ2v) is 8.04. The van der Waals surface area contributed by atoms with Gasteiger partial charge in [0, 0.05) is 23.7 Å². The highest BCUT2D eigenvalue weighted by atomic mass is 16.1. The molecular formula is C26H29N5O. The summed E-state index contributed by atoms with van der Waals surface area (Å²) in [6.07, 6.45) is 4.98. The van der Waals surface area contributed by atoms with E-state index in [9.17, 15) is 4.79 Å². The molecule has 164 valence electrons. The summed E-state index contributed by atoms with van der Waals surface area (Å²) in [7, 11) is 0. The molecule has 0 aliphatic rings. The molecule has 0 spiro atoms. The molecule has 2 heterocycles. The van der Waals surface area contributed by atoms with Crippen molar-refractivity contribution in [1.82, 2.24) is 15.0 Å². The maximum absolute atomic E-state index is 12.4. The van der Waals surface area contributed by atoms with E-state index in [1.807, 2.05) is 42.5 Å². The van der Waals surface area contributed by atoms with Gasteiger partial charge in [-0.15, -0.1) is 0 Å². The fourth-order valence-electron chi connectivity index (χ4n) is 3.83. The van der Waals surface area contributed by atoms with Crippen LogP contribution in [0.1, 0.15) is 54.6 Å². The Morgan fingerprint density at radius 2 is 1.81 bits per heavy atom. The van der Waals surface area contributed by atoms with Crippen LogP contribution in [0.5, 0.6) is 0 Å². The number of carbonyl (C=O) groups excluding carboxylic acids is 1. The van der Waals surface area contributed by atoms with E-state index in [2.05, 4.69) is 45.4 Å². The van der Waals surface area contributed by atoms with E-state index >= 15 is 0 Å². The lowest BCUT2D eigenvalue weighted by Crippen LogP contribution is -2.08. The SMILES string of the molecule is C[C@@H](Nc1ncnc2[nH]c(-c3ccc(C(=O)CCCCCN)cc3)cc12)c1ccccc1. The second-order valence-electron chi connectivity index (χ2n) is 8.04. The Kier molecular flexibility index (Phi) is 6.92. The smallest absolute Gasteiger partial charge is 0.162 e. The van der Waals surface area contributed by atoms with E-state index < -0.39 is 0 Å². The van der Waals surface area contributed by atoms with Crippen LogP contribution in [0.25, 0.3) is 22.3 Å². The number of rotatable bonds is 10. The van der Waals surface area contributed by atoms with Crippen LogP contribution in [0, 0.1) is 0 Å². The predicted molar refractivity (Wildman–Crippen MR) is 130 cm³/mol. The number of aromatic amines is 1. The molecule has 0 radical (unpaired) electrons. The first-order valence-corrected chi connectivity index (χ1v) is 11.1. The van der Waals surface area contributed by atoms with Crippen LogP contribution in [0.15, 0.2) is 67.0 Å². The molecule has 32 heavy (non-hydrogen) atoms. The van der Waals surface area contributed by atoms with Gasteiger partial charge in [-0.1, -0.05) is 61.0 Å². The summed E-state index contributed by atoms with van der Waals surface area (Å²) in [6, 6.07) is 20.2. The van der Waals surface area contributed by atoms with Crippen LogP contribution < -0.4 is 11.1 Å². The third-order valence-electron chi connectivity index (χ3n) is 5.70. The zero-order valence-corrected chi connectivity index (χ0v) is 18.3. The lowest BCUT2D eigenvalue weighted by molar-refractivity contribution is 0.0979.